The van der Waals surface area contributed by atoms with Gasteiger partial charge in [0, 0.05) is 11.4 Å². The van der Waals surface area contributed by atoms with Crippen LogP contribution in [-0.2, 0) is 9.59 Å². The topological polar surface area (TPSA) is 227 Å². The zero-order chi connectivity index (χ0) is 41.6. The van der Waals surface area contributed by atoms with Gasteiger partial charge in [-0.1, -0.05) is 0 Å². The number of ether oxygens (including phenoxy) is 4. The smallest absolute Gasteiger partial charge is 0.343 e. The van der Waals surface area contributed by atoms with E-state index in [0.29, 0.717) is 33.6 Å². The fourth-order valence-corrected chi connectivity index (χ4v) is 5.09. The molecule has 2 aromatic heterocycles. The molecule has 0 saturated carbocycles. The number of nitrogens with zero attached hydrogens (tertiary/aromatic N) is 6. The standard InChI is InChI=1S/C42H34N8O8/c1-25-17-27(3)47-39(35(25)19-43)55-23-37(51)49-45-21-29-5-13-33(14-6-29)57-41(53)31-9-11-32(12-10-31)42(54)58-34-15-7-30(8-16-34)22-46-50-38(52)24-56-40-36(20-44)26(2)18-28(4)48-40/h5-18,21-22H,23-24H2,1-4H3,(H,49,51)(H,50,52)/b45-21+,46-22+. The normalized spacial score (nSPS) is 10.7. The van der Waals surface area contributed by atoms with Gasteiger partial charge in [-0.15, -0.1) is 0 Å². The van der Waals surface area contributed by atoms with Gasteiger partial charge < -0.3 is 18.9 Å². The fourth-order valence-electron chi connectivity index (χ4n) is 5.09. The molecule has 0 aliphatic rings. The first-order valence-electron chi connectivity index (χ1n) is 17.3. The second kappa shape index (κ2) is 19.4. The molecule has 5 aromatic rings. The average Bonchev–Trinajstić information content (AvgIpc) is 3.20. The minimum absolute atomic E-state index is 0.0741. The molecule has 58 heavy (non-hydrogen) atoms. The number of amides is 2. The van der Waals surface area contributed by atoms with Crippen LogP contribution in [0.15, 0.2) is 95.1 Å². The molecule has 2 heterocycles. The summed E-state index contributed by atoms with van der Waals surface area (Å²) in [5, 5.41) is 26.5. The van der Waals surface area contributed by atoms with Crippen LogP contribution in [0.3, 0.4) is 0 Å². The number of esters is 2. The number of aryl methyl sites for hydroxylation is 4. The molecule has 5 rings (SSSR count). The van der Waals surface area contributed by atoms with Crippen molar-refractivity contribution in [1.82, 2.24) is 20.8 Å². The second-order valence-corrected chi connectivity index (χ2v) is 12.4. The highest BCUT2D eigenvalue weighted by atomic mass is 16.5. The van der Waals surface area contributed by atoms with Gasteiger partial charge in [-0.3, -0.25) is 9.59 Å². The van der Waals surface area contributed by atoms with Crippen molar-refractivity contribution in [3.63, 3.8) is 0 Å². The van der Waals surface area contributed by atoms with Crippen LogP contribution >= 0.6 is 0 Å². The number of pyridine rings is 2. The lowest BCUT2D eigenvalue weighted by atomic mass is 10.1. The van der Waals surface area contributed by atoms with Crippen molar-refractivity contribution >= 4 is 36.2 Å². The van der Waals surface area contributed by atoms with Gasteiger partial charge in [0.1, 0.15) is 34.8 Å². The van der Waals surface area contributed by atoms with Gasteiger partial charge in [0.2, 0.25) is 11.8 Å². The number of nitrogens with one attached hydrogen (secondary N) is 2. The van der Waals surface area contributed by atoms with E-state index in [-0.39, 0.29) is 45.5 Å². The Kier molecular flexibility index (Phi) is 13.7. The minimum Gasteiger partial charge on any atom is -0.467 e. The maximum Gasteiger partial charge on any atom is 0.343 e. The quantitative estimate of drug-likeness (QED) is 0.0661. The Labute approximate surface area is 332 Å². The molecule has 0 fully saturated rings. The number of nitriles is 2. The van der Waals surface area contributed by atoms with Gasteiger partial charge in [0.25, 0.3) is 11.8 Å². The highest BCUT2D eigenvalue weighted by Crippen LogP contribution is 2.21. The number of hydrogen-bond donors (Lipinski definition) is 2. The van der Waals surface area contributed by atoms with Crippen molar-refractivity contribution in [2.45, 2.75) is 27.7 Å². The predicted octanol–water partition coefficient (Wildman–Crippen LogP) is 4.95. The number of hydrogen-bond acceptors (Lipinski definition) is 14. The summed E-state index contributed by atoms with van der Waals surface area (Å²) < 4.78 is 21.7. The van der Waals surface area contributed by atoms with Crippen molar-refractivity contribution in [2.75, 3.05) is 13.2 Å². The van der Waals surface area contributed by atoms with E-state index < -0.39 is 37.0 Å². The largest absolute Gasteiger partial charge is 0.467 e. The number of carbonyl (C=O) groups is 4. The van der Waals surface area contributed by atoms with E-state index in [2.05, 4.69) is 31.0 Å². The maximum atomic E-state index is 12.7. The maximum absolute atomic E-state index is 12.7. The van der Waals surface area contributed by atoms with Gasteiger partial charge in [-0.05, 0) is 135 Å². The van der Waals surface area contributed by atoms with Crippen molar-refractivity contribution in [3.05, 3.63) is 141 Å². The third-order valence-electron chi connectivity index (χ3n) is 7.87. The first-order valence-corrected chi connectivity index (χ1v) is 17.3. The second-order valence-electron chi connectivity index (χ2n) is 12.4. The van der Waals surface area contributed by atoms with E-state index in [1.54, 1.807) is 88.4 Å². The Bertz CT molecular complexity index is 2310. The summed E-state index contributed by atoms with van der Waals surface area (Å²) in [7, 11) is 0. The summed E-state index contributed by atoms with van der Waals surface area (Å²) in [5.41, 5.74) is 9.46. The summed E-state index contributed by atoms with van der Waals surface area (Å²) in [6.45, 7) is 6.23. The van der Waals surface area contributed by atoms with E-state index in [0.717, 1.165) is 0 Å². The van der Waals surface area contributed by atoms with Gasteiger partial charge in [0.15, 0.2) is 13.2 Å². The van der Waals surface area contributed by atoms with Gasteiger partial charge in [0.05, 0.1) is 23.6 Å². The van der Waals surface area contributed by atoms with Crippen LogP contribution in [0, 0.1) is 50.4 Å². The molecule has 290 valence electrons. The fraction of sp³-hybridized carbons (Fsp3) is 0.143. The number of carbonyl (C=O) groups excluding carboxylic acids is 4. The zero-order valence-electron chi connectivity index (χ0n) is 31.6. The van der Waals surface area contributed by atoms with Crippen LogP contribution < -0.4 is 29.8 Å². The molecule has 0 aliphatic carbocycles. The summed E-state index contributed by atoms with van der Waals surface area (Å²) in [6, 6.07) is 26.0. The highest BCUT2D eigenvalue weighted by Gasteiger charge is 2.15. The van der Waals surface area contributed by atoms with E-state index >= 15 is 0 Å². The first kappa shape index (κ1) is 40.9. The van der Waals surface area contributed by atoms with Crippen LogP contribution in [0.1, 0.15) is 65.5 Å². The van der Waals surface area contributed by atoms with E-state index in [4.69, 9.17) is 18.9 Å². The zero-order valence-corrected chi connectivity index (χ0v) is 31.6. The third-order valence-corrected chi connectivity index (χ3v) is 7.87. The number of benzene rings is 3. The monoisotopic (exact) mass is 778 g/mol. The average molecular weight is 779 g/mol. The Morgan fingerprint density at radius 2 is 0.966 bits per heavy atom. The number of rotatable bonds is 14. The molecule has 0 aliphatic heterocycles. The lowest BCUT2D eigenvalue weighted by molar-refractivity contribution is -0.123. The molecule has 0 radical (unpaired) electrons. The Hall–Kier alpha value is -8.24. The Morgan fingerprint density at radius 1 is 0.603 bits per heavy atom. The molecule has 3 aromatic carbocycles. The number of aromatic nitrogens is 2. The molecule has 0 bridgehead atoms. The first-order chi connectivity index (χ1) is 27.9. The summed E-state index contributed by atoms with van der Waals surface area (Å²) in [5.74, 6) is -1.76. The molecule has 16 heteroatoms. The molecule has 0 saturated heterocycles. The van der Waals surface area contributed by atoms with Crippen LogP contribution in [0.2, 0.25) is 0 Å². The summed E-state index contributed by atoms with van der Waals surface area (Å²) in [4.78, 5) is 58.2. The highest BCUT2D eigenvalue weighted by molar-refractivity contribution is 5.95. The van der Waals surface area contributed by atoms with E-state index in [9.17, 15) is 29.7 Å². The Balaban J connectivity index is 1.04. The van der Waals surface area contributed by atoms with Crippen molar-refractivity contribution < 1.29 is 38.1 Å². The number of hydrazone groups is 2. The van der Waals surface area contributed by atoms with Crippen LogP contribution in [-0.4, -0.2) is 59.4 Å². The molecule has 2 N–H and O–H groups in total. The van der Waals surface area contributed by atoms with Crippen molar-refractivity contribution in [3.8, 4) is 35.4 Å². The van der Waals surface area contributed by atoms with Crippen LogP contribution in [0.25, 0.3) is 0 Å². The summed E-state index contributed by atoms with van der Waals surface area (Å²) >= 11 is 0. The van der Waals surface area contributed by atoms with E-state index in [1.807, 2.05) is 12.1 Å². The lowest BCUT2D eigenvalue weighted by Crippen LogP contribution is -2.25. The van der Waals surface area contributed by atoms with Gasteiger partial charge in [-0.25, -0.2) is 30.4 Å². The molecular formula is C42H34N8O8. The summed E-state index contributed by atoms with van der Waals surface area (Å²) in [6.07, 6.45) is 2.78. The third kappa shape index (κ3) is 11.4. The Morgan fingerprint density at radius 3 is 1.31 bits per heavy atom. The van der Waals surface area contributed by atoms with Gasteiger partial charge in [-0.2, -0.15) is 20.7 Å². The predicted molar refractivity (Wildman–Crippen MR) is 209 cm³/mol. The minimum atomic E-state index is -0.654. The lowest BCUT2D eigenvalue weighted by Gasteiger charge is -2.08. The van der Waals surface area contributed by atoms with Crippen LogP contribution in [0.4, 0.5) is 0 Å². The molecule has 2 amide bonds. The van der Waals surface area contributed by atoms with Crippen molar-refractivity contribution in [1.29, 1.82) is 10.5 Å². The molecular weight excluding hydrogens is 745 g/mol. The molecule has 0 atom stereocenters. The molecule has 0 spiro atoms. The van der Waals surface area contributed by atoms with Gasteiger partial charge >= 0.3 is 11.9 Å². The van der Waals surface area contributed by atoms with Crippen molar-refractivity contribution in [2.24, 2.45) is 10.2 Å². The molecule has 16 nitrogen and oxygen atoms in total. The van der Waals surface area contributed by atoms with Crippen LogP contribution in [0.5, 0.6) is 23.3 Å². The molecule has 0 unspecified atom stereocenters. The SMILES string of the molecule is Cc1cc(C)c(C#N)c(OCC(=O)N/N=C/c2ccc(OC(=O)c3ccc(C(=O)Oc4ccc(/C=N/NC(=O)COc5nc(C)cc(C)c5C#N)cc4)cc3)cc2)n1. The van der Waals surface area contributed by atoms with E-state index in [1.165, 1.54) is 36.7 Å².